The summed E-state index contributed by atoms with van der Waals surface area (Å²) < 4.78 is 12.8. The van der Waals surface area contributed by atoms with Crippen LogP contribution in [0.1, 0.15) is 32.1 Å². The Balaban J connectivity index is 2.57. The van der Waals surface area contributed by atoms with Crippen LogP contribution in [0.3, 0.4) is 0 Å². The third-order valence-electron chi connectivity index (χ3n) is 3.33. The number of hydrogen-bond donors (Lipinski definition) is 0. The highest BCUT2D eigenvalue weighted by atomic mass is 127. The fourth-order valence-corrected chi connectivity index (χ4v) is 7.21. The first-order valence-corrected chi connectivity index (χ1v) is 9.08. The van der Waals surface area contributed by atoms with E-state index in [1.54, 1.807) is 0 Å². The fraction of sp³-hybridized carbons (Fsp3) is 1.00. The summed E-state index contributed by atoms with van der Waals surface area (Å²) in [6, 6.07) is 1.17. The minimum atomic E-state index is -1.84. The van der Waals surface area contributed by atoms with Gasteiger partial charge in [-0.05, 0) is 29.7 Å². The molecule has 1 saturated carbocycles. The molecule has 0 amide bonds. The van der Waals surface area contributed by atoms with Gasteiger partial charge in [0, 0.05) is 19.8 Å². The van der Waals surface area contributed by atoms with Crippen molar-refractivity contribution in [2.45, 2.75) is 43.7 Å². The van der Waals surface area contributed by atoms with Crippen LogP contribution in [0.4, 0.5) is 0 Å². The summed E-state index contributed by atoms with van der Waals surface area (Å²) in [6.07, 6.45) is 6.64. The van der Waals surface area contributed by atoms with Crippen molar-refractivity contribution < 1.29 is 8.85 Å². The Hall–Kier alpha value is 0.867. The van der Waals surface area contributed by atoms with Gasteiger partial charge in [-0.25, -0.2) is 0 Å². The molecule has 2 nitrogen and oxygen atoms in total. The van der Waals surface area contributed by atoms with Gasteiger partial charge in [-0.1, -0.05) is 35.4 Å². The summed E-state index contributed by atoms with van der Waals surface area (Å²) in [7, 11) is 1.86. The average molecular weight is 328 g/mol. The van der Waals surface area contributed by atoms with Crippen molar-refractivity contribution in [2.75, 3.05) is 18.6 Å². The molecule has 0 spiro atoms. The number of alkyl halides is 1. The minimum absolute atomic E-state index is 0.750. The summed E-state index contributed by atoms with van der Waals surface area (Å²) in [4.78, 5) is 0. The van der Waals surface area contributed by atoms with Crippen LogP contribution in [0.2, 0.25) is 11.6 Å². The first-order valence-electron chi connectivity index (χ1n) is 5.45. The third kappa shape index (κ3) is 2.93. The van der Waals surface area contributed by atoms with E-state index in [2.05, 4.69) is 22.6 Å². The molecule has 4 heteroatoms. The summed E-state index contributed by atoms with van der Waals surface area (Å²) in [5.74, 6) is 0. The smallest absolute Gasteiger partial charge is 0.340 e. The Morgan fingerprint density at radius 2 is 1.79 bits per heavy atom. The lowest BCUT2D eigenvalue weighted by molar-refractivity contribution is 0.227. The molecule has 1 aliphatic carbocycles. The van der Waals surface area contributed by atoms with E-state index in [4.69, 9.17) is 8.85 Å². The summed E-state index contributed by atoms with van der Waals surface area (Å²) in [5, 5.41) is 0. The van der Waals surface area contributed by atoms with Crippen LogP contribution in [-0.4, -0.2) is 27.2 Å². The topological polar surface area (TPSA) is 18.5 Å². The Kier molecular flexibility index (Phi) is 5.96. The average Bonchev–Trinajstić information content (AvgIpc) is 2.74. The van der Waals surface area contributed by atoms with Gasteiger partial charge in [-0.2, -0.15) is 0 Å². The quantitative estimate of drug-likeness (QED) is 0.422. The summed E-state index contributed by atoms with van der Waals surface area (Å²) in [5.41, 5.74) is 0.750. The zero-order valence-corrected chi connectivity index (χ0v) is 12.4. The standard InChI is InChI=1S/C10H21IO2Si/c1-12-14(13-2,9-5-8-11)10-6-3-4-7-10/h10H,3-9H2,1-2H3. The van der Waals surface area contributed by atoms with E-state index in [9.17, 15) is 0 Å². The predicted octanol–water partition coefficient (Wildman–Crippen LogP) is 3.49. The van der Waals surface area contributed by atoms with Crippen molar-refractivity contribution in [1.82, 2.24) is 0 Å². The highest BCUT2D eigenvalue weighted by molar-refractivity contribution is 14.1. The Bertz CT molecular complexity index is 156. The van der Waals surface area contributed by atoms with Crippen LogP contribution in [0, 0.1) is 0 Å². The highest BCUT2D eigenvalue weighted by Gasteiger charge is 2.44. The van der Waals surface area contributed by atoms with E-state index in [1.165, 1.54) is 42.6 Å². The van der Waals surface area contributed by atoms with Crippen molar-refractivity contribution in [3.05, 3.63) is 0 Å². The third-order valence-corrected chi connectivity index (χ3v) is 8.34. The maximum absolute atomic E-state index is 5.79. The molecule has 0 bridgehead atoms. The molecule has 0 heterocycles. The molecule has 1 aliphatic rings. The molecule has 84 valence electrons. The van der Waals surface area contributed by atoms with E-state index >= 15 is 0 Å². The second-order valence-corrected chi connectivity index (χ2v) is 8.83. The highest BCUT2D eigenvalue weighted by Crippen LogP contribution is 2.41. The molecule has 0 N–H and O–H groups in total. The van der Waals surface area contributed by atoms with Gasteiger partial charge in [0.2, 0.25) is 0 Å². The lowest BCUT2D eigenvalue weighted by Crippen LogP contribution is -2.44. The predicted molar refractivity (Wildman–Crippen MR) is 70.3 cm³/mol. The van der Waals surface area contributed by atoms with E-state index in [-0.39, 0.29) is 0 Å². The number of halogens is 1. The summed E-state index contributed by atoms with van der Waals surface area (Å²) >= 11 is 2.43. The number of rotatable bonds is 6. The molecule has 1 fully saturated rings. The van der Waals surface area contributed by atoms with Gasteiger partial charge in [0.05, 0.1) is 0 Å². The molecule has 0 aromatic heterocycles. The fourth-order valence-electron chi connectivity index (χ4n) is 2.50. The Morgan fingerprint density at radius 3 is 2.21 bits per heavy atom. The van der Waals surface area contributed by atoms with E-state index in [1.807, 2.05) is 14.2 Å². The lowest BCUT2D eigenvalue weighted by Gasteiger charge is -2.32. The molecule has 0 radical (unpaired) electrons. The lowest BCUT2D eigenvalue weighted by atomic mass is 10.4. The maximum Gasteiger partial charge on any atom is 0.340 e. The van der Waals surface area contributed by atoms with Gasteiger partial charge < -0.3 is 8.85 Å². The van der Waals surface area contributed by atoms with E-state index in [0.717, 1.165) is 5.54 Å². The zero-order valence-electron chi connectivity index (χ0n) is 9.22. The first-order chi connectivity index (χ1) is 6.79. The number of hydrogen-bond acceptors (Lipinski definition) is 2. The minimum Gasteiger partial charge on any atom is -0.397 e. The van der Waals surface area contributed by atoms with Crippen molar-refractivity contribution >= 4 is 31.2 Å². The van der Waals surface area contributed by atoms with Gasteiger partial charge in [0.1, 0.15) is 0 Å². The normalized spacial score (nSPS) is 19.1. The Labute approximate surface area is 102 Å². The van der Waals surface area contributed by atoms with Crippen LogP contribution >= 0.6 is 22.6 Å². The maximum atomic E-state index is 5.79. The second-order valence-electron chi connectivity index (χ2n) is 3.99. The second kappa shape index (κ2) is 6.45. The molecule has 0 saturated heterocycles. The van der Waals surface area contributed by atoms with E-state index in [0.29, 0.717) is 0 Å². The van der Waals surface area contributed by atoms with Gasteiger partial charge in [0.25, 0.3) is 0 Å². The van der Waals surface area contributed by atoms with Crippen molar-refractivity contribution in [2.24, 2.45) is 0 Å². The van der Waals surface area contributed by atoms with Gasteiger partial charge in [0.15, 0.2) is 0 Å². The van der Waals surface area contributed by atoms with Gasteiger partial charge in [-0.3, -0.25) is 0 Å². The van der Waals surface area contributed by atoms with Crippen LogP contribution in [0.15, 0.2) is 0 Å². The molecule has 0 aromatic rings. The van der Waals surface area contributed by atoms with Crippen LogP contribution in [-0.2, 0) is 8.85 Å². The molecule has 0 aliphatic heterocycles. The van der Waals surface area contributed by atoms with Crippen LogP contribution in [0.5, 0.6) is 0 Å². The van der Waals surface area contributed by atoms with Gasteiger partial charge in [-0.15, -0.1) is 0 Å². The largest absolute Gasteiger partial charge is 0.397 e. The van der Waals surface area contributed by atoms with E-state index < -0.39 is 8.56 Å². The van der Waals surface area contributed by atoms with Crippen LogP contribution in [0.25, 0.3) is 0 Å². The molecule has 14 heavy (non-hydrogen) atoms. The first kappa shape index (κ1) is 12.9. The summed E-state index contributed by atoms with van der Waals surface area (Å²) in [6.45, 7) is 0. The molecule has 0 aromatic carbocycles. The van der Waals surface area contributed by atoms with Crippen molar-refractivity contribution in [1.29, 1.82) is 0 Å². The van der Waals surface area contributed by atoms with Crippen molar-refractivity contribution in [3.63, 3.8) is 0 Å². The van der Waals surface area contributed by atoms with Crippen molar-refractivity contribution in [3.8, 4) is 0 Å². The molecule has 1 rings (SSSR count). The van der Waals surface area contributed by atoms with Gasteiger partial charge >= 0.3 is 8.56 Å². The molecular weight excluding hydrogens is 307 g/mol. The SMILES string of the molecule is CO[Si](CCCI)(OC)C1CCCC1. The molecule has 0 atom stereocenters. The molecular formula is C10H21IO2Si. The van der Waals surface area contributed by atoms with Crippen LogP contribution < -0.4 is 0 Å². The zero-order chi connectivity index (χ0) is 10.4. The monoisotopic (exact) mass is 328 g/mol. The Morgan fingerprint density at radius 1 is 1.21 bits per heavy atom. The molecule has 0 unspecified atom stereocenters.